The van der Waals surface area contributed by atoms with Crippen molar-refractivity contribution >= 4 is 25.6 Å². The molecule has 1 N–H and O–H groups in total. The molecule has 2 unspecified atom stereocenters. The number of carbonyl (C=O) groups is 1. The molecule has 2 aromatic rings. The van der Waals surface area contributed by atoms with Crippen LogP contribution in [0.5, 0.6) is 0 Å². The lowest BCUT2D eigenvalue weighted by Gasteiger charge is -2.26. The van der Waals surface area contributed by atoms with Gasteiger partial charge in [-0.3, -0.25) is 4.79 Å². The average molecular weight is 500 g/mol. The molecule has 0 aliphatic carbocycles. The van der Waals surface area contributed by atoms with E-state index in [2.05, 4.69) is 68.7 Å². The maximum Gasteiger partial charge on any atom is 0.238 e. The first-order valence-electron chi connectivity index (χ1n) is 13.4. The lowest BCUT2D eigenvalue weighted by molar-refractivity contribution is -0.121. The summed E-state index contributed by atoms with van der Waals surface area (Å²) in [6.45, 7) is 9.14. The number of carbonyl (C=O) groups excluding carboxylic acids is 1. The Hall–Kier alpha value is -1.58. The Balaban J connectivity index is 1.85. The molecule has 0 fully saturated rings. The van der Waals surface area contributed by atoms with Crippen molar-refractivity contribution in [3.05, 3.63) is 71.3 Å². The van der Waals surface area contributed by atoms with Crippen LogP contribution < -0.4 is 5.32 Å². The smallest absolute Gasteiger partial charge is 0.238 e. The van der Waals surface area contributed by atoms with E-state index >= 15 is 0 Å². The van der Waals surface area contributed by atoms with E-state index in [9.17, 15) is 4.79 Å². The Labute approximate surface area is 214 Å². The average Bonchev–Trinajstić information content (AvgIpc) is 2.82. The molecule has 2 aromatic carbocycles. The quantitative estimate of drug-likeness (QED) is 0.139. The fourth-order valence-corrected chi connectivity index (χ4v) is 8.46. The van der Waals surface area contributed by atoms with Gasteiger partial charge in [-0.15, -0.1) is 11.6 Å². The second kappa shape index (κ2) is 15.4. The molecule has 1 amide bonds. The van der Waals surface area contributed by atoms with E-state index in [0.29, 0.717) is 0 Å². The van der Waals surface area contributed by atoms with E-state index in [1.54, 1.807) is 0 Å². The molecule has 2 rings (SSSR count). The molecule has 188 valence electrons. The monoisotopic (exact) mass is 499 g/mol. The first-order valence-corrected chi connectivity index (χ1v) is 17.2. The number of rotatable bonds is 16. The van der Waals surface area contributed by atoms with Crippen molar-refractivity contribution in [3.63, 3.8) is 0 Å². The van der Waals surface area contributed by atoms with Crippen LogP contribution in [0.2, 0.25) is 25.2 Å². The summed E-state index contributed by atoms with van der Waals surface area (Å²) in [7, 11) is -1.51. The summed E-state index contributed by atoms with van der Waals surface area (Å²) in [5, 5.41) is 2.81. The summed E-state index contributed by atoms with van der Waals surface area (Å²) in [4.78, 5) is 13.1. The van der Waals surface area contributed by atoms with Crippen LogP contribution in [0.15, 0.2) is 54.6 Å². The van der Waals surface area contributed by atoms with Crippen LogP contribution in [0.1, 0.15) is 81.0 Å². The largest absolute Gasteiger partial charge is 0.348 e. The van der Waals surface area contributed by atoms with Crippen molar-refractivity contribution in [2.75, 3.05) is 0 Å². The predicted molar refractivity (Wildman–Crippen MR) is 152 cm³/mol. The molecule has 0 heterocycles. The molecule has 0 aliphatic rings. The zero-order chi connectivity index (χ0) is 24.8. The molecule has 0 aromatic heterocycles. The van der Waals surface area contributed by atoms with Gasteiger partial charge < -0.3 is 5.32 Å². The fourth-order valence-electron chi connectivity index (χ4n) is 4.58. The lowest BCUT2D eigenvalue weighted by atomic mass is 9.98. The Morgan fingerprint density at radius 1 is 0.882 bits per heavy atom. The molecule has 0 aliphatic heterocycles. The number of unbranched alkanes of at least 4 members (excludes halogenated alkanes) is 7. The Kier molecular flexibility index (Phi) is 13.0. The summed E-state index contributed by atoms with van der Waals surface area (Å²) in [6, 6.07) is 20.8. The van der Waals surface area contributed by atoms with E-state index < -0.39 is 13.5 Å². The second-order valence-corrected chi connectivity index (χ2v) is 16.5. The Morgan fingerprint density at radius 3 is 2.09 bits per heavy atom. The van der Waals surface area contributed by atoms with Crippen LogP contribution >= 0.6 is 11.6 Å². The molecule has 4 heteroatoms. The first kappa shape index (κ1) is 28.7. The number of aryl methyl sites for hydroxylation is 1. The zero-order valence-electron chi connectivity index (χ0n) is 21.9. The van der Waals surface area contributed by atoms with Gasteiger partial charge in [-0.2, -0.15) is 0 Å². The number of benzene rings is 2. The maximum absolute atomic E-state index is 13.1. The highest BCUT2D eigenvalue weighted by atomic mass is 35.5. The summed E-state index contributed by atoms with van der Waals surface area (Å²) in [6.07, 6.45) is 11.5. The van der Waals surface area contributed by atoms with Gasteiger partial charge in [0.2, 0.25) is 5.91 Å². The maximum atomic E-state index is 13.1. The lowest BCUT2D eigenvalue weighted by Crippen LogP contribution is -2.40. The number of alkyl halides is 1. The second-order valence-electron chi connectivity index (χ2n) is 10.7. The molecule has 0 bridgehead atoms. The number of halogens is 1. The topological polar surface area (TPSA) is 29.1 Å². The summed E-state index contributed by atoms with van der Waals surface area (Å²) in [5.41, 5.74) is 3.58. The van der Waals surface area contributed by atoms with E-state index in [4.69, 9.17) is 11.6 Å². The minimum Gasteiger partial charge on any atom is -0.348 e. The van der Waals surface area contributed by atoms with Gasteiger partial charge in [-0.1, -0.05) is 138 Å². The SMILES string of the molecule is CCCCCCCCCC[Si](C)(C)CC(Cl)C(=O)NC(Cc1ccc(C)cc1)c1ccccc1. The minimum atomic E-state index is -1.51. The van der Waals surface area contributed by atoms with Crippen LogP contribution in [0.25, 0.3) is 0 Å². The van der Waals surface area contributed by atoms with Crippen molar-refractivity contribution in [2.24, 2.45) is 0 Å². The summed E-state index contributed by atoms with van der Waals surface area (Å²) >= 11 is 6.70. The van der Waals surface area contributed by atoms with E-state index in [1.807, 2.05) is 18.2 Å². The number of amides is 1. The fraction of sp³-hybridized carbons (Fsp3) is 0.567. The Bertz CT molecular complexity index is 821. The molecule has 0 spiro atoms. The molecule has 34 heavy (non-hydrogen) atoms. The normalized spacial score (nSPS) is 13.4. The molecular weight excluding hydrogens is 454 g/mol. The van der Waals surface area contributed by atoms with Gasteiger partial charge in [0.15, 0.2) is 0 Å². The van der Waals surface area contributed by atoms with E-state index in [-0.39, 0.29) is 11.9 Å². The van der Waals surface area contributed by atoms with Crippen LogP contribution in [-0.4, -0.2) is 19.4 Å². The molecule has 0 saturated heterocycles. The number of hydrogen-bond donors (Lipinski definition) is 1. The molecular formula is C30H46ClNOSi. The highest BCUT2D eigenvalue weighted by Gasteiger charge is 2.29. The van der Waals surface area contributed by atoms with Crippen molar-refractivity contribution in [1.29, 1.82) is 0 Å². The standard InChI is InChI=1S/C30H46ClNOSi/c1-5-6-7-8-9-10-11-15-22-34(3,4)24-28(31)30(33)32-29(27-16-13-12-14-17-27)23-26-20-18-25(2)19-21-26/h12-14,16-21,28-29H,5-11,15,22-24H2,1-4H3,(H,32,33). The van der Waals surface area contributed by atoms with Crippen LogP contribution in [0, 0.1) is 6.92 Å². The number of nitrogens with one attached hydrogen (secondary N) is 1. The predicted octanol–water partition coefficient (Wildman–Crippen LogP) is 8.85. The van der Waals surface area contributed by atoms with Gasteiger partial charge >= 0.3 is 0 Å². The van der Waals surface area contributed by atoms with Crippen molar-refractivity contribution in [2.45, 2.75) is 108 Å². The van der Waals surface area contributed by atoms with Crippen LogP contribution in [0.3, 0.4) is 0 Å². The van der Waals surface area contributed by atoms with Gasteiger partial charge in [-0.25, -0.2) is 0 Å². The van der Waals surface area contributed by atoms with Crippen molar-refractivity contribution < 1.29 is 4.79 Å². The summed E-state index contributed by atoms with van der Waals surface area (Å²) in [5.74, 6) is -0.0286. The molecule has 0 saturated carbocycles. The molecule has 0 radical (unpaired) electrons. The van der Waals surface area contributed by atoms with Crippen molar-refractivity contribution in [3.8, 4) is 0 Å². The number of hydrogen-bond acceptors (Lipinski definition) is 1. The highest BCUT2D eigenvalue weighted by Crippen LogP contribution is 2.26. The van der Waals surface area contributed by atoms with Gasteiger partial charge in [0.25, 0.3) is 0 Å². The third-order valence-electron chi connectivity index (χ3n) is 6.80. The Morgan fingerprint density at radius 2 is 1.47 bits per heavy atom. The van der Waals surface area contributed by atoms with Crippen LogP contribution in [0.4, 0.5) is 0 Å². The van der Waals surface area contributed by atoms with Gasteiger partial charge in [0, 0.05) is 8.07 Å². The highest BCUT2D eigenvalue weighted by molar-refractivity contribution is 6.78. The third-order valence-corrected chi connectivity index (χ3v) is 10.6. The first-order chi connectivity index (χ1) is 16.3. The third kappa shape index (κ3) is 11.2. The van der Waals surface area contributed by atoms with E-state index in [0.717, 1.165) is 18.0 Å². The minimum absolute atomic E-state index is 0.0286. The molecule has 2 atom stereocenters. The van der Waals surface area contributed by atoms with Crippen LogP contribution in [-0.2, 0) is 11.2 Å². The van der Waals surface area contributed by atoms with Gasteiger partial charge in [-0.05, 0) is 30.5 Å². The molecule has 2 nitrogen and oxygen atoms in total. The summed E-state index contributed by atoms with van der Waals surface area (Å²) < 4.78 is 0. The van der Waals surface area contributed by atoms with Gasteiger partial charge in [0.05, 0.1) is 6.04 Å². The van der Waals surface area contributed by atoms with E-state index in [1.165, 1.54) is 68.5 Å². The zero-order valence-corrected chi connectivity index (χ0v) is 23.7. The van der Waals surface area contributed by atoms with Crippen molar-refractivity contribution in [1.82, 2.24) is 5.32 Å². The van der Waals surface area contributed by atoms with Gasteiger partial charge in [0.1, 0.15) is 5.38 Å².